The molecule has 3 aromatic heterocycles. The Kier molecular flexibility index (Phi) is 6.53. The van der Waals surface area contributed by atoms with Crippen LogP contribution in [0.5, 0.6) is 0 Å². The Morgan fingerprint density at radius 3 is 2.70 bits per heavy atom. The fraction of sp³-hybridized carbons (Fsp3) is 0.261. The normalized spacial score (nSPS) is 11.7. The van der Waals surface area contributed by atoms with Crippen LogP contribution in [0, 0.1) is 6.92 Å². The standard InChI is InChI=1S/C23H23ClN4O4S/c1-3-4-12-33(30,31)27-23(29)20-10-9-19-22(26-20)28(15(2)25-19)14-17-8-7-16(13-18(17)24)21-6-5-11-32-21/h5-11,13H,3-4,12,14H2,1-2H3,(H,27,29). The quantitative estimate of drug-likeness (QED) is 0.391. The highest BCUT2D eigenvalue weighted by Gasteiger charge is 2.19. The summed E-state index contributed by atoms with van der Waals surface area (Å²) in [5, 5.41) is 0.557. The number of imidazole rings is 1. The van der Waals surface area contributed by atoms with E-state index in [0.717, 1.165) is 16.9 Å². The van der Waals surface area contributed by atoms with Gasteiger partial charge in [-0.25, -0.2) is 23.1 Å². The summed E-state index contributed by atoms with van der Waals surface area (Å²) in [6, 6.07) is 12.4. The summed E-state index contributed by atoms with van der Waals surface area (Å²) in [6.07, 6.45) is 2.79. The zero-order valence-electron chi connectivity index (χ0n) is 18.2. The largest absolute Gasteiger partial charge is 0.464 e. The lowest BCUT2D eigenvalue weighted by Crippen LogP contribution is -2.33. The predicted octanol–water partition coefficient (Wildman–Crippen LogP) is 4.56. The average molecular weight is 487 g/mol. The number of unbranched alkanes of at least 4 members (excludes halogenated alkanes) is 1. The van der Waals surface area contributed by atoms with Gasteiger partial charge in [-0.05, 0) is 49.2 Å². The Morgan fingerprint density at radius 2 is 2.00 bits per heavy atom. The number of halogens is 1. The number of aromatic nitrogens is 3. The second-order valence-electron chi connectivity index (χ2n) is 7.67. The van der Waals surface area contributed by atoms with E-state index >= 15 is 0 Å². The summed E-state index contributed by atoms with van der Waals surface area (Å²) >= 11 is 6.54. The third kappa shape index (κ3) is 5.09. The van der Waals surface area contributed by atoms with E-state index in [2.05, 4.69) is 14.7 Å². The number of pyridine rings is 1. The van der Waals surface area contributed by atoms with Gasteiger partial charge in [0.05, 0.1) is 18.6 Å². The molecule has 0 aliphatic carbocycles. The lowest BCUT2D eigenvalue weighted by atomic mass is 10.1. The first kappa shape index (κ1) is 23.0. The predicted molar refractivity (Wildman–Crippen MR) is 127 cm³/mol. The number of furan rings is 1. The van der Waals surface area contributed by atoms with Crippen molar-refractivity contribution in [1.82, 2.24) is 19.3 Å². The van der Waals surface area contributed by atoms with E-state index in [9.17, 15) is 13.2 Å². The van der Waals surface area contributed by atoms with Crippen molar-refractivity contribution in [3.63, 3.8) is 0 Å². The molecule has 10 heteroatoms. The van der Waals surface area contributed by atoms with Gasteiger partial charge in [-0.1, -0.05) is 37.1 Å². The smallest absolute Gasteiger partial charge is 0.283 e. The minimum absolute atomic E-state index is 0.00277. The fourth-order valence-corrected chi connectivity index (χ4v) is 4.85. The molecule has 4 rings (SSSR count). The number of benzene rings is 1. The van der Waals surface area contributed by atoms with Crippen LogP contribution in [0.25, 0.3) is 22.5 Å². The first-order valence-corrected chi connectivity index (χ1v) is 12.5. The second-order valence-corrected chi connectivity index (χ2v) is 9.92. The number of carbonyl (C=O) groups is 1. The molecule has 33 heavy (non-hydrogen) atoms. The van der Waals surface area contributed by atoms with Crippen molar-refractivity contribution in [2.45, 2.75) is 33.2 Å². The van der Waals surface area contributed by atoms with Crippen LogP contribution in [0.15, 0.2) is 53.1 Å². The Morgan fingerprint density at radius 1 is 1.18 bits per heavy atom. The number of nitrogens with one attached hydrogen (secondary N) is 1. The van der Waals surface area contributed by atoms with Crippen LogP contribution in [0.2, 0.25) is 5.02 Å². The number of sulfonamides is 1. The second kappa shape index (κ2) is 9.36. The molecule has 8 nitrogen and oxygen atoms in total. The molecule has 0 aliphatic rings. The van der Waals surface area contributed by atoms with E-state index in [1.54, 1.807) is 12.3 Å². The van der Waals surface area contributed by atoms with Crippen molar-refractivity contribution in [2.24, 2.45) is 0 Å². The summed E-state index contributed by atoms with van der Waals surface area (Å²) in [7, 11) is -3.71. The van der Waals surface area contributed by atoms with E-state index in [1.165, 1.54) is 6.07 Å². The zero-order chi connectivity index (χ0) is 23.6. The molecule has 0 radical (unpaired) electrons. The lowest BCUT2D eigenvalue weighted by Gasteiger charge is -2.10. The fourth-order valence-electron chi connectivity index (χ4n) is 3.45. The van der Waals surface area contributed by atoms with Crippen LogP contribution in [0.3, 0.4) is 0 Å². The van der Waals surface area contributed by atoms with Gasteiger partial charge >= 0.3 is 0 Å². The highest BCUT2D eigenvalue weighted by atomic mass is 35.5. The molecule has 0 saturated heterocycles. The summed E-state index contributed by atoms with van der Waals surface area (Å²) in [5.41, 5.74) is 2.77. The maximum Gasteiger partial charge on any atom is 0.283 e. The molecular formula is C23H23ClN4O4S. The lowest BCUT2D eigenvalue weighted by molar-refractivity contribution is 0.0977. The molecular weight excluding hydrogens is 464 g/mol. The molecule has 0 unspecified atom stereocenters. The number of hydrogen-bond donors (Lipinski definition) is 1. The minimum atomic E-state index is -3.71. The van der Waals surface area contributed by atoms with Crippen molar-refractivity contribution in [3.05, 3.63) is 70.8 Å². The van der Waals surface area contributed by atoms with Gasteiger partial charge in [-0.3, -0.25) is 4.79 Å². The van der Waals surface area contributed by atoms with Gasteiger partial charge in [-0.2, -0.15) is 0 Å². The molecule has 0 saturated carbocycles. The van der Waals surface area contributed by atoms with Crippen LogP contribution >= 0.6 is 11.6 Å². The Bertz CT molecular complexity index is 1410. The molecule has 1 amide bonds. The molecule has 4 aromatic rings. The highest BCUT2D eigenvalue weighted by Crippen LogP contribution is 2.27. The van der Waals surface area contributed by atoms with E-state index in [-0.39, 0.29) is 11.4 Å². The first-order valence-electron chi connectivity index (χ1n) is 10.5. The average Bonchev–Trinajstić information content (AvgIpc) is 3.41. The minimum Gasteiger partial charge on any atom is -0.464 e. The van der Waals surface area contributed by atoms with E-state index in [1.807, 2.05) is 48.7 Å². The first-order chi connectivity index (χ1) is 15.8. The van der Waals surface area contributed by atoms with Crippen LogP contribution in [0.4, 0.5) is 0 Å². The van der Waals surface area contributed by atoms with Crippen molar-refractivity contribution in [1.29, 1.82) is 0 Å². The van der Waals surface area contributed by atoms with E-state index in [4.69, 9.17) is 16.0 Å². The topological polar surface area (TPSA) is 107 Å². The van der Waals surface area contributed by atoms with Gasteiger partial charge in [0.15, 0.2) is 5.65 Å². The van der Waals surface area contributed by atoms with Crippen LogP contribution in [-0.2, 0) is 16.6 Å². The van der Waals surface area contributed by atoms with Gasteiger partial charge in [0.2, 0.25) is 10.0 Å². The summed E-state index contributed by atoms with van der Waals surface area (Å²) in [5.74, 6) is 0.538. The van der Waals surface area contributed by atoms with Crippen molar-refractivity contribution < 1.29 is 17.6 Å². The van der Waals surface area contributed by atoms with Gasteiger partial charge in [0, 0.05) is 10.6 Å². The molecule has 0 bridgehead atoms. The zero-order valence-corrected chi connectivity index (χ0v) is 19.8. The number of aryl methyl sites for hydroxylation is 1. The third-order valence-corrected chi connectivity index (χ3v) is 6.89. The Hall–Kier alpha value is -3.17. The summed E-state index contributed by atoms with van der Waals surface area (Å²) < 4.78 is 33.6. The van der Waals surface area contributed by atoms with Crippen LogP contribution in [-0.4, -0.2) is 34.6 Å². The highest BCUT2D eigenvalue weighted by molar-refractivity contribution is 7.90. The number of amides is 1. The molecule has 0 spiro atoms. The summed E-state index contributed by atoms with van der Waals surface area (Å²) in [6.45, 7) is 4.10. The van der Waals surface area contributed by atoms with Crippen molar-refractivity contribution >= 4 is 38.7 Å². The molecule has 172 valence electrons. The maximum absolute atomic E-state index is 12.5. The van der Waals surface area contributed by atoms with Crippen LogP contribution in [0.1, 0.15) is 41.6 Å². The van der Waals surface area contributed by atoms with E-state index in [0.29, 0.717) is 41.4 Å². The van der Waals surface area contributed by atoms with Crippen LogP contribution < -0.4 is 4.72 Å². The number of hydrogen-bond acceptors (Lipinski definition) is 6. The SMILES string of the molecule is CCCCS(=O)(=O)NC(=O)c1ccc2nc(C)n(Cc3ccc(-c4ccco4)cc3Cl)c2n1. The Labute approximate surface area is 196 Å². The van der Waals surface area contributed by atoms with Crippen molar-refractivity contribution in [3.8, 4) is 11.3 Å². The Balaban J connectivity index is 1.62. The number of rotatable bonds is 8. The summed E-state index contributed by atoms with van der Waals surface area (Å²) in [4.78, 5) is 21.5. The van der Waals surface area contributed by atoms with Crippen molar-refractivity contribution in [2.75, 3.05) is 5.75 Å². The molecule has 1 N–H and O–H groups in total. The third-order valence-electron chi connectivity index (χ3n) is 5.22. The van der Waals surface area contributed by atoms with Gasteiger partial charge in [0.1, 0.15) is 22.8 Å². The van der Waals surface area contributed by atoms with Gasteiger partial charge < -0.3 is 8.98 Å². The molecule has 1 aromatic carbocycles. The molecule has 3 heterocycles. The maximum atomic E-state index is 12.5. The number of carbonyl (C=O) groups excluding carboxylic acids is 1. The number of nitrogens with zero attached hydrogens (tertiary/aromatic N) is 3. The van der Waals surface area contributed by atoms with Gasteiger partial charge in [-0.15, -0.1) is 0 Å². The van der Waals surface area contributed by atoms with E-state index < -0.39 is 15.9 Å². The number of fused-ring (bicyclic) bond motifs is 1. The molecule has 0 fully saturated rings. The molecule has 0 atom stereocenters. The molecule has 0 aliphatic heterocycles. The van der Waals surface area contributed by atoms with Gasteiger partial charge in [0.25, 0.3) is 5.91 Å². The monoisotopic (exact) mass is 486 g/mol.